The van der Waals surface area contributed by atoms with Crippen LogP contribution < -0.4 is 0 Å². The van der Waals surface area contributed by atoms with Gasteiger partial charge in [0, 0.05) is 16.7 Å². The number of nitrogens with zero attached hydrogens (tertiary/aromatic N) is 2. The van der Waals surface area contributed by atoms with Gasteiger partial charge >= 0.3 is 0 Å². The molecule has 2 heterocycles. The SMILES string of the molecule is ClCc1nc2cc(I)ccc2n1CCC1CCCCO1. The van der Waals surface area contributed by atoms with Gasteiger partial charge in [-0.15, -0.1) is 11.6 Å². The summed E-state index contributed by atoms with van der Waals surface area (Å²) in [6, 6.07) is 6.37. The Hall–Kier alpha value is -0.330. The van der Waals surface area contributed by atoms with Crippen molar-refractivity contribution in [2.45, 2.75) is 44.2 Å². The van der Waals surface area contributed by atoms with Crippen molar-refractivity contribution in [2.24, 2.45) is 0 Å². The molecule has 1 aromatic heterocycles. The van der Waals surface area contributed by atoms with Gasteiger partial charge < -0.3 is 9.30 Å². The van der Waals surface area contributed by atoms with Crippen LogP contribution in [0.25, 0.3) is 11.0 Å². The van der Waals surface area contributed by atoms with E-state index in [1.807, 2.05) is 0 Å². The van der Waals surface area contributed by atoms with E-state index in [1.54, 1.807) is 0 Å². The summed E-state index contributed by atoms with van der Waals surface area (Å²) in [5.41, 5.74) is 2.22. The van der Waals surface area contributed by atoms with Crippen LogP contribution in [-0.4, -0.2) is 22.3 Å². The van der Waals surface area contributed by atoms with Crippen LogP contribution >= 0.6 is 34.2 Å². The van der Waals surface area contributed by atoms with Gasteiger partial charge in [-0.2, -0.15) is 0 Å². The van der Waals surface area contributed by atoms with E-state index in [2.05, 4.69) is 50.3 Å². The molecule has 1 aliphatic heterocycles. The molecule has 1 unspecified atom stereocenters. The average Bonchev–Trinajstić information content (AvgIpc) is 2.83. The number of hydrogen-bond acceptors (Lipinski definition) is 2. The fourth-order valence-electron chi connectivity index (χ4n) is 2.81. The summed E-state index contributed by atoms with van der Waals surface area (Å²) in [5, 5.41) is 0. The van der Waals surface area contributed by atoms with E-state index in [0.717, 1.165) is 30.9 Å². The van der Waals surface area contributed by atoms with Gasteiger partial charge in [-0.25, -0.2) is 4.98 Å². The van der Waals surface area contributed by atoms with Crippen molar-refractivity contribution in [1.82, 2.24) is 9.55 Å². The zero-order valence-corrected chi connectivity index (χ0v) is 14.2. The van der Waals surface area contributed by atoms with Gasteiger partial charge in [0.1, 0.15) is 5.82 Å². The van der Waals surface area contributed by atoms with Gasteiger partial charge in [-0.3, -0.25) is 0 Å². The van der Waals surface area contributed by atoms with E-state index < -0.39 is 0 Å². The Morgan fingerprint density at radius 3 is 3.05 bits per heavy atom. The van der Waals surface area contributed by atoms with Gasteiger partial charge in [0.25, 0.3) is 0 Å². The first-order valence-corrected chi connectivity index (χ1v) is 8.71. The van der Waals surface area contributed by atoms with Crippen LogP contribution in [0.4, 0.5) is 0 Å². The molecule has 5 heteroatoms. The molecule has 0 amide bonds. The molecule has 0 bridgehead atoms. The predicted molar refractivity (Wildman–Crippen MR) is 90.2 cm³/mol. The molecule has 2 aromatic rings. The van der Waals surface area contributed by atoms with Gasteiger partial charge in [-0.05, 0) is 66.5 Å². The highest BCUT2D eigenvalue weighted by atomic mass is 127. The van der Waals surface area contributed by atoms with Gasteiger partial charge in [0.05, 0.1) is 23.0 Å². The van der Waals surface area contributed by atoms with Crippen LogP contribution in [0.3, 0.4) is 0 Å². The smallest absolute Gasteiger partial charge is 0.124 e. The molecule has 1 aromatic carbocycles. The molecule has 1 fully saturated rings. The minimum Gasteiger partial charge on any atom is -0.378 e. The van der Waals surface area contributed by atoms with Gasteiger partial charge in [0.2, 0.25) is 0 Å². The third kappa shape index (κ3) is 3.12. The lowest BCUT2D eigenvalue weighted by Gasteiger charge is -2.23. The zero-order chi connectivity index (χ0) is 13.9. The van der Waals surface area contributed by atoms with E-state index >= 15 is 0 Å². The molecule has 3 nitrogen and oxygen atoms in total. The second-order valence-corrected chi connectivity index (χ2v) is 6.74. The lowest BCUT2D eigenvalue weighted by molar-refractivity contribution is 0.00889. The maximum atomic E-state index is 6.05. The summed E-state index contributed by atoms with van der Waals surface area (Å²) in [5.74, 6) is 1.41. The van der Waals surface area contributed by atoms with Crippen LogP contribution in [0.15, 0.2) is 18.2 Å². The van der Waals surface area contributed by atoms with E-state index in [-0.39, 0.29) is 0 Å². The fourth-order valence-corrected chi connectivity index (χ4v) is 3.49. The number of aryl methyl sites for hydroxylation is 1. The lowest BCUT2D eigenvalue weighted by atomic mass is 10.1. The standard InChI is InChI=1S/C15H18ClIN2O/c16-10-15-18-13-9-11(17)4-5-14(13)19(15)7-6-12-3-1-2-8-20-12/h4-5,9,12H,1-3,6-8,10H2. The van der Waals surface area contributed by atoms with Crippen molar-refractivity contribution in [3.05, 3.63) is 27.6 Å². The van der Waals surface area contributed by atoms with Crippen molar-refractivity contribution in [3.63, 3.8) is 0 Å². The van der Waals surface area contributed by atoms with Crippen molar-refractivity contribution in [1.29, 1.82) is 0 Å². The molecule has 0 N–H and O–H groups in total. The second kappa shape index (κ2) is 6.62. The number of imidazole rings is 1. The first-order valence-electron chi connectivity index (χ1n) is 7.10. The summed E-state index contributed by atoms with van der Waals surface area (Å²) < 4.78 is 9.26. The topological polar surface area (TPSA) is 27.1 Å². The highest BCUT2D eigenvalue weighted by Crippen LogP contribution is 2.22. The van der Waals surface area contributed by atoms with E-state index in [4.69, 9.17) is 16.3 Å². The summed E-state index contributed by atoms with van der Waals surface area (Å²) in [6.45, 7) is 1.85. The summed E-state index contributed by atoms with van der Waals surface area (Å²) in [6.07, 6.45) is 5.11. The Kier molecular flexibility index (Phi) is 4.83. The molecule has 0 radical (unpaired) electrons. The van der Waals surface area contributed by atoms with Crippen molar-refractivity contribution < 1.29 is 4.74 Å². The molecule has 0 saturated carbocycles. The lowest BCUT2D eigenvalue weighted by Crippen LogP contribution is -2.21. The Morgan fingerprint density at radius 1 is 1.40 bits per heavy atom. The molecular formula is C15H18ClIN2O. The van der Waals surface area contributed by atoms with Crippen molar-refractivity contribution >= 4 is 45.2 Å². The maximum Gasteiger partial charge on any atom is 0.124 e. The molecule has 0 aliphatic carbocycles. The van der Waals surface area contributed by atoms with E-state index in [0.29, 0.717) is 12.0 Å². The van der Waals surface area contributed by atoms with Crippen LogP contribution in [0.1, 0.15) is 31.5 Å². The van der Waals surface area contributed by atoms with Crippen LogP contribution in [0.5, 0.6) is 0 Å². The minimum absolute atomic E-state index is 0.397. The van der Waals surface area contributed by atoms with E-state index in [9.17, 15) is 0 Å². The molecule has 20 heavy (non-hydrogen) atoms. The highest BCUT2D eigenvalue weighted by molar-refractivity contribution is 14.1. The van der Waals surface area contributed by atoms with Crippen LogP contribution in [-0.2, 0) is 17.2 Å². The number of ether oxygens (including phenoxy) is 1. The third-order valence-corrected chi connectivity index (χ3v) is 4.77. The van der Waals surface area contributed by atoms with Gasteiger partial charge in [0.15, 0.2) is 0 Å². The first-order chi connectivity index (χ1) is 9.78. The van der Waals surface area contributed by atoms with Crippen LogP contribution in [0.2, 0.25) is 0 Å². The molecular weight excluding hydrogens is 387 g/mol. The quantitative estimate of drug-likeness (QED) is 0.560. The highest BCUT2D eigenvalue weighted by Gasteiger charge is 2.16. The van der Waals surface area contributed by atoms with Crippen molar-refractivity contribution in [2.75, 3.05) is 6.61 Å². The second-order valence-electron chi connectivity index (χ2n) is 5.22. The predicted octanol–water partition coefficient (Wildman–Crippen LogP) is 4.34. The molecule has 1 atom stereocenters. The first kappa shape index (κ1) is 14.6. The number of benzene rings is 1. The number of hydrogen-bond donors (Lipinski definition) is 0. The van der Waals surface area contributed by atoms with Gasteiger partial charge in [-0.1, -0.05) is 0 Å². The summed E-state index contributed by atoms with van der Waals surface area (Å²) in [7, 11) is 0. The number of fused-ring (bicyclic) bond motifs is 1. The molecule has 0 spiro atoms. The molecule has 3 rings (SSSR count). The fraction of sp³-hybridized carbons (Fsp3) is 0.533. The number of halogens is 2. The average molecular weight is 405 g/mol. The monoisotopic (exact) mass is 404 g/mol. The molecule has 1 aliphatic rings. The Bertz CT molecular complexity index is 593. The molecule has 1 saturated heterocycles. The maximum absolute atomic E-state index is 6.05. The van der Waals surface area contributed by atoms with Crippen LogP contribution in [0, 0.1) is 3.57 Å². The summed E-state index contributed by atoms with van der Waals surface area (Å²) in [4.78, 5) is 4.64. The molecule has 108 valence electrons. The minimum atomic E-state index is 0.397. The number of aromatic nitrogens is 2. The Labute approximate surface area is 137 Å². The number of alkyl halides is 1. The summed E-state index contributed by atoms with van der Waals surface area (Å²) >= 11 is 8.36. The van der Waals surface area contributed by atoms with Crippen molar-refractivity contribution in [3.8, 4) is 0 Å². The largest absolute Gasteiger partial charge is 0.378 e. The number of rotatable bonds is 4. The zero-order valence-electron chi connectivity index (χ0n) is 11.3. The Morgan fingerprint density at radius 2 is 2.30 bits per heavy atom. The van der Waals surface area contributed by atoms with E-state index in [1.165, 1.54) is 28.3 Å². The third-order valence-electron chi connectivity index (χ3n) is 3.86. The normalized spacial score (nSPS) is 19.6. The Balaban J connectivity index is 1.81.